The highest BCUT2D eigenvalue weighted by Crippen LogP contribution is 2.16. The Morgan fingerprint density at radius 1 is 0.864 bits per heavy atom. The first-order chi connectivity index (χ1) is 10.4. The highest BCUT2D eigenvalue weighted by atomic mass is 32.1. The molecule has 114 valence electrons. The molecule has 0 unspecified atom stereocenters. The van der Waals surface area contributed by atoms with E-state index in [2.05, 4.69) is 16.0 Å². The summed E-state index contributed by atoms with van der Waals surface area (Å²) in [7, 11) is 0. The Kier molecular flexibility index (Phi) is 5.00. The van der Waals surface area contributed by atoms with E-state index in [1.54, 1.807) is 24.3 Å². The Labute approximate surface area is 131 Å². The molecule has 0 aliphatic rings. The van der Waals surface area contributed by atoms with Crippen molar-refractivity contribution in [1.29, 1.82) is 0 Å². The van der Waals surface area contributed by atoms with Gasteiger partial charge in [-0.3, -0.25) is 4.79 Å². The molecule has 0 saturated heterocycles. The van der Waals surface area contributed by atoms with Crippen LogP contribution < -0.4 is 16.0 Å². The van der Waals surface area contributed by atoms with Crippen LogP contribution in [0, 0.1) is 11.6 Å². The quantitative estimate of drug-likeness (QED) is 0.754. The first kappa shape index (κ1) is 15.8. The summed E-state index contributed by atoms with van der Waals surface area (Å²) in [4.78, 5) is 10.9. The number of nitrogens with one attached hydrogen (secondary N) is 3. The van der Waals surface area contributed by atoms with Gasteiger partial charge < -0.3 is 16.0 Å². The molecule has 1 amide bonds. The molecule has 0 fully saturated rings. The van der Waals surface area contributed by atoms with Crippen LogP contribution in [0.15, 0.2) is 42.5 Å². The van der Waals surface area contributed by atoms with Crippen LogP contribution in [0.4, 0.5) is 25.8 Å². The summed E-state index contributed by atoms with van der Waals surface area (Å²) in [5.41, 5.74) is 1.54. The van der Waals surface area contributed by atoms with Crippen LogP contribution in [0.3, 0.4) is 0 Å². The summed E-state index contributed by atoms with van der Waals surface area (Å²) in [6.45, 7) is 1.42. The molecule has 0 atom stereocenters. The van der Waals surface area contributed by atoms with E-state index in [0.717, 1.165) is 18.2 Å². The van der Waals surface area contributed by atoms with Crippen LogP contribution in [-0.4, -0.2) is 11.0 Å². The fourth-order valence-electron chi connectivity index (χ4n) is 1.76. The van der Waals surface area contributed by atoms with Crippen LogP contribution in [0.1, 0.15) is 6.92 Å². The van der Waals surface area contributed by atoms with Crippen LogP contribution in [0.25, 0.3) is 0 Å². The Morgan fingerprint density at radius 3 is 1.82 bits per heavy atom. The number of rotatable bonds is 3. The topological polar surface area (TPSA) is 53.2 Å². The number of hydrogen-bond donors (Lipinski definition) is 3. The van der Waals surface area contributed by atoms with Crippen molar-refractivity contribution >= 4 is 40.3 Å². The summed E-state index contributed by atoms with van der Waals surface area (Å²) in [6.07, 6.45) is 0. The van der Waals surface area contributed by atoms with Gasteiger partial charge in [0.1, 0.15) is 11.6 Å². The zero-order valence-electron chi connectivity index (χ0n) is 11.6. The van der Waals surface area contributed by atoms with Crippen molar-refractivity contribution in [2.45, 2.75) is 6.92 Å². The van der Waals surface area contributed by atoms with Crippen molar-refractivity contribution < 1.29 is 13.6 Å². The number of carbonyl (C=O) groups excluding carboxylic acids is 1. The van der Waals surface area contributed by atoms with Gasteiger partial charge in [-0.05, 0) is 48.6 Å². The molecule has 0 aliphatic heterocycles. The number of benzene rings is 2. The summed E-state index contributed by atoms with van der Waals surface area (Å²) >= 11 is 5.07. The molecule has 7 heteroatoms. The Balaban J connectivity index is 1.98. The second-order valence-corrected chi connectivity index (χ2v) is 4.90. The lowest BCUT2D eigenvalue weighted by Crippen LogP contribution is -2.19. The van der Waals surface area contributed by atoms with Gasteiger partial charge in [0.15, 0.2) is 5.11 Å². The molecule has 2 aromatic rings. The smallest absolute Gasteiger partial charge is 0.221 e. The second-order valence-electron chi connectivity index (χ2n) is 4.50. The minimum atomic E-state index is -0.690. The van der Waals surface area contributed by atoms with E-state index in [1.165, 1.54) is 6.92 Å². The van der Waals surface area contributed by atoms with Gasteiger partial charge >= 0.3 is 0 Å². The molecule has 0 spiro atoms. The van der Waals surface area contributed by atoms with Crippen molar-refractivity contribution in [2.75, 3.05) is 16.0 Å². The van der Waals surface area contributed by atoms with E-state index < -0.39 is 11.6 Å². The maximum absolute atomic E-state index is 13.1. The van der Waals surface area contributed by atoms with Gasteiger partial charge in [-0.25, -0.2) is 8.78 Å². The maximum atomic E-state index is 13.1. The summed E-state index contributed by atoms with van der Waals surface area (Å²) in [6, 6.07) is 9.88. The van der Waals surface area contributed by atoms with Gasteiger partial charge in [0, 0.05) is 30.1 Å². The van der Waals surface area contributed by atoms with Gasteiger partial charge in [-0.1, -0.05) is 0 Å². The minimum absolute atomic E-state index is 0.161. The lowest BCUT2D eigenvalue weighted by Gasteiger charge is -2.11. The minimum Gasteiger partial charge on any atom is -0.332 e. The molecule has 2 aromatic carbocycles. The van der Waals surface area contributed by atoms with Crippen molar-refractivity contribution in [3.05, 3.63) is 54.1 Å². The number of amides is 1. The SMILES string of the molecule is CC(=O)Nc1ccc(NC(=S)Nc2cc(F)cc(F)c2)cc1. The van der Waals surface area contributed by atoms with Gasteiger partial charge in [0.25, 0.3) is 0 Å². The van der Waals surface area contributed by atoms with Crippen molar-refractivity contribution in [3.8, 4) is 0 Å². The Morgan fingerprint density at radius 2 is 1.32 bits per heavy atom. The average Bonchev–Trinajstić information content (AvgIpc) is 2.39. The van der Waals surface area contributed by atoms with Crippen LogP contribution in [0.2, 0.25) is 0 Å². The summed E-state index contributed by atoms with van der Waals surface area (Å²) in [5, 5.41) is 8.39. The monoisotopic (exact) mass is 321 g/mol. The fourth-order valence-corrected chi connectivity index (χ4v) is 2.00. The number of thiocarbonyl (C=S) groups is 1. The Bertz CT molecular complexity index is 684. The lowest BCUT2D eigenvalue weighted by atomic mass is 10.3. The molecule has 2 rings (SSSR count). The van der Waals surface area contributed by atoms with Crippen LogP contribution in [0.5, 0.6) is 0 Å². The molecule has 0 heterocycles. The fraction of sp³-hybridized carbons (Fsp3) is 0.0667. The summed E-state index contributed by atoms with van der Waals surface area (Å²) < 4.78 is 26.2. The van der Waals surface area contributed by atoms with Gasteiger partial charge in [-0.15, -0.1) is 0 Å². The third-order valence-corrected chi connectivity index (χ3v) is 2.79. The number of anilines is 3. The van der Waals surface area contributed by atoms with E-state index in [-0.39, 0.29) is 16.7 Å². The van der Waals surface area contributed by atoms with Crippen molar-refractivity contribution in [3.63, 3.8) is 0 Å². The highest BCUT2D eigenvalue weighted by Gasteiger charge is 2.03. The molecule has 3 N–H and O–H groups in total. The zero-order valence-corrected chi connectivity index (χ0v) is 12.4. The van der Waals surface area contributed by atoms with Crippen molar-refractivity contribution in [1.82, 2.24) is 0 Å². The molecule has 0 aliphatic carbocycles. The third-order valence-electron chi connectivity index (χ3n) is 2.58. The molecule has 0 saturated carbocycles. The predicted molar refractivity (Wildman–Crippen MR) is 86.9 cm³/mol. The predicted octanol–water partition coefficient (Wildman–Crippen LogP) is 3.73. The maximum Gasteiger partial charge on any atom is 0.221 e. The molecule has 0 bridgehead atoms. The van der Waals surface area contributed by atoms with E-state index >= 15 is 0 Å². The standard InChI is InChI=1S/C15H13F2N3OS/c1-9(21)18-12-2-4-13(5-3-12)19-15(22)20-14-7-10(16)6-11(17)8-14/h2-8H,1H3,(H,18,21)(H2,19,20,22). The van der Waals surface area contributed by atoms with Crippen molar-refractivity contribution in [2.24, 2.45) is 0 Å². The van der Waals surface area contributed by atoms with Crippen LogP contribution >= 0.6 is 12.2 Å². The number of halogens is 2. The molecule has 0 radical (unpaired) electrons. The van der Waals surface area contributed by atoms with Gasteiger partial charge in [-0.2, -0.15) is 0 Å². The number of hydrogen-bond acceptors (Lipinski definition) is 2. The molecule has 0 aromatic heterocycles. The largest absolute Gasteiger partial charge is 0.332 e. The van der Waals surface area contributed by atoms with E-state index in [4.69, 9.17) is 12.2 Å². The second kappa shape index (κ2) is 6.95. The first-order valence-electron chi connectivity index (χ1n) is 6.34. The van der Waals surface area contributed by atoms with E-state index in [1.807, 2.05) is 0 Å². The molecule has 4 nitrogen and oxygen atoms in total. The van der Waals surface area contributed by atoms with E-state index in [0.29, 0.717) is 11.4 Å². The number of carbonyl (C=O) groups is 1. The van der Waals surface area contributed by atoms with Crippen LogP contribution in [-0.2, 0) is 4.79 Å². The molecule has 22 heavy (non-hydrogen) atoms. The molecular formula is C15H13F2N3OS. The van der Waals surface area contributed by atoms with Gasteiger partial charge in [0.2, 0.25) is 5.91 Å². The molecular weight excluding hydrogens is 308 g/mol. The zero-order chi connectivity index (χ0) is 16.1. The van der Waals surface area contributed by atoms with Gasteiger partial charge in [0.05, 0.1) is 0 Å². The first-order valence-corrected chi connectivity index (χ1v) is 6.75. The average molecular weight is 321 g/mol. The summed E-state index contributed by atoms with van der Waals surface area (Å²) in [5.74, 6) is -1.54. The van der Waals surface area contributed by atoms with E-state index in [9.17, 15) is 13.6 Å². The highest BCUT2D eigenvalue weighted by molar-refractivity contribution is 7.80. The third kappa shape index (κ3) is 4.78. The normalized spacial score (nSPS) is 9.95. The Hall–Kier alpha value is -2.54. The lowest BCUT2D eigenvalue weighted by molar-refractivity contribution is -0.114.